The van der Waals surface area contributed by atoms with E-state index in [4.69, 9.17) is 5.73 Å². The summed E-state index contributed by atoms with van der Waals surface area (Å²) in [5.74, 6) is -0.0327. The van der Waals surface area contributed by atoms with E-state index in [-0.39, 0.29) is 5.92 Å². The number of nitrogens with one attached hydrogen (secondary N) is 1. The molecule has 3 N–H and O–H groups in total. The molecule has 0 heterocycles. The first-order chi connectivity index (χ1) is 6.89. The largest absolute Gasteiger partial charge is 0.312 e. The van der Waals surface area contributed by atoms with Crippen LogP contribution in [0, 0.1) is 5.92 Å². The Bertz CT molecular complexity index is 413. The normalized spacial score (nSPS) is 37.0. The monoisotopic (exact) mass is 230 g/mol. The van der Waals surface area contributed by atoms with Crippen molar-refractivity contribution in [1.82, 2.24) is 4.72 Å². The van der Waals surface area contributed by atoms with Crippen LogP contribution in [-0.2, 0) is 14.8 Å². The standard InChI is InChI=1S/C9H14N2O3S/c1-2-7-5-9(7,10)11-15(13,14)8(6-12)3-4-8/h2,6-7,11H,1,3-5,10H2/t7-,9+/m0/s1. The van der Waals surface area contributed by atoms with Gasteiger partial charge in [0.25, 0.3) is 0 Å². The van der Waals surface area contributed by atoms with Crippen LogP contribution in [0.15, 0.2) is 12.7 Å². The molecule has 2 rings (SSSR count). The number of carbonyl (C=O) groups is 1. The van der Waals surface area contributed by atoms with Gasteiger partial charge in [-0.05, 0) is 19.3 Å². The molecule has 2 fully saturated rings. The number of aldehydes is 1. The maximum Gasteiger partial charge on any atom is 0.225 e. The molecule has 0 aliphatic heterocycles. The zero-order chi connectivity index (χ0) is 11.3. The molecule has 0 aromatic carbocycles. The van der Waals surface area contributed by atoms with Crippen molar-refractivity contribution in [2.24, 2.45) is 11.7 Å². The highest BCUT2D eigenvalue weighted by atomic mass is 32.2. The maximum atomic E-state index is 11.8. The van der Waals surface area contributed by atoms with Crippen LogP contribution >= 0.6 is 0 Å². The predicted octanol–water partition coefficient (Wildman–Crippen LogP) is -0.502. The van der Waals surface area contributed by atoms with Crippen molar-refractivity contribution in [2.45, 2.75) is 29.7 Å². The van der Waals surface area contributed by atoms with Crippen LogP contribution in [0.4, 0.5) is 0 Å². The predicted molar refractivity (Wildman–Crippen MR) is 55.3 cm³/mol. The molecule has 0 amide bonds. The molecule has 84 valence electrons. The fourth-order valence-electron chi connectivity index (χ4n) is 1.64. The third-order valence-electron chi connectivity index (χ3n) is 3.16. The average molecular weight is 230 g/mol. The molecule has 2 saturated carbocycles. The first-order valence-electron chi connectivity index (χ1n) is 4.80. The number of rotatable bonds is 5. The van der Waals surface area contributed by atoms with E-state index in [1.807, 2.05) is 0 Å². The lowest BCUT2D eigenvalue weighted by Crippen LogP contribution is -2.50. The Kier molecular flexibility index (Phi) is 2.09. The van der Waals surface area contributed by atoms with Gasteiger partial charge in [0.05, 0.1) is 5.66 Å². The molecular weight excluding hydrogens is 216 g/mol. The first kappa shape index (κ1) is 10.8. The van der Waals surface area contributed by atoms with Gasteiger partial charge in [-0.1, -0.05) is 6.08 Å². The minimum atomic E-state index is -3.63. The fourth-order valence-corrected chi connectivity index (χ4v) is 3.35. The molecule has 15 heavy (non-hydrogen) atoms. The van der Waals surface area contributed by atoms with E-state index in [2.05, 4.69) is 11.3 Å². The lowest BCUT2D eigenvalue weighted by atomic mass is 10.4. The molecule has 6 heteroatoms. The third-order valence-corrected chi connectivity index (χ3v) is 5.38. The van der Waals surface area contributed by atoms with E-state index < -0.39 is 20.4 Å². The summed E-state index contributed by atoms with van der Waals surface area (Å²) >= 11 is 0. The number of hydrogen-bond donors (Lipinski definition) is 2. The van der Waals surface area contributed by atoms with E-state index in [1.165, 1.54) is 0 Å². The van der Waals surface area contributed by atoms with E-state index >= 15 is 0 Å². The van der Waals surface area contributed by atoms with Gasteiger partial charge in [0, 0.05) is 5.92 Å². The lowest BCUT2D eigenvalue weighted by Gasteiger charge is -2.16. The Morgan fingerprint density at radius 2 is 2.07 bits per heavy atom. The summed E-state index contributed by atoms with van der Waals surface area (Å²) in [5, 5.41) is 0. The molecule has 5 nitrogen and oxygen atoms in total. The van der Waals surface area contributed by atoms with Crippen molar-refractivity contribution in [3.05, 3.63) is 12.7 Å². The molecule has 0 spiro atoms. The van der Waals surface area contributed by atoms with Gasteiger partial charge in [-0.2, -0.15) is 4.72 Å². The van der Waals surface area contributed by atoms with E-state index in [0.29, 0.717) is 25.5 Å². The summed E-state index contributed by atoms with van der Waals surface area (Å²) in [6, 6.07) is 0. The Morgan fingerprint density at radius 3 is 2.40 bits per heavy atom. The zero-order valence-electron chi connectivity index (χ0n) is 8.27. The highest BCUT2D eigenvalue weighted by molar-refractivity contribution is 7.92. The van der Waals surface area contributed by atoms with Gasteiger partial charge in [0.2, 0.25) is 10.0 Å². The summed E-state index contributed by atoms with van der Waals surface area (Å²) in [6.07, 6.45) is 3.46. The van der Waals surface area contributed by atoms with Crippen molar-refractivity contribution in [2.75, 3.05) is 0 Å². The van der Waals surface area contributed by atoms with E-state index in [1.54, 1.807) is 6.08 Å². The SMILES string of the molecule is C=C[C@H]1C[C@@]1(N)NS(=O)(=O)C1(C=O)CC1. The molecule has 0 unspecified atom stereocenters. The summed E-state index contributed by atoms with van der Waals surface area (Å²) in [5.41, 5.74) is 4.87. The van der Waals surface area contributed by atoms with Crippen molar-refractivity contribution < 1.29 is 13.2 Å². The molecule has 0 bridgehead atoms. The molecule has 0 radical (unpaired) electrons. The van der Waals surface area contributed by atoms with Gasteiger partial charge in [0.1, 0.15) is 11.0 Å². The Hall–Kier alpha value is -0.720. The van der Waals surface area contributed by atoms with Crippen molar-refractivity contribution in [1.29, 1.82) is 0 Å². The Labute approximate surface area is 88.8 Å². The van der Waals surface area contributed by atoms with Crippen LogP contribution in [-0.4, -0.2) is 25.1 Å². The van der Waals surface area contributed by atoms with Gasteiger partial charge in [-0.3, -0.25) is 0 Å². The Morgan fingerprint density at radius 1 is 1.47 bits per heavy atom. The molecule has 2 aliphatic carbocycles. The van der Waals surface area contributed by atoms with E-state index in [0.717, 1.165) is 0 Å². The summed E-state index contributed by atoms with van der Waals surface area (Å²) in [6.45, 7) is 3.56. The number of nitrogens with two attached hydrogens (primary N) is 1. The average Bonchev–Trinajstić information content (AvgIpc) is 3.00. The smallest absolute Gasteiger partial charge is 0.225 e. The lowest BCUT2D eigenvalue weighted by molar-refractivity contribution is -0.108. The minimum Gasteiger partial charge on any atom is -0.312 e. The maximum absolute atomic E-state index is 11.8. The van der Waals surface area contributed by atoms with Crippen LogP contribution < -0.4 is 10.5 Å². The highest BCUT2D eigenvalue weighted by Gasteiger charge is 2.60. The molecule has 0 saturated heterocycles. The molecular formula is C9H14N2O3S. The van der Waals surface area contributed by atoms with Crippen LogP contribution in [0.5, 0.6) is 0 Å². The van der Waals surface area contributed by atoms with Gasteiger partial charge >= 0.3 is 0 Å². The first-order valence-corrected chi connectivity index (χ1v) is 6.29. The number of carbonyl (C=O) groups excluding carboxylic acids is 1. The second-order valence-electron chi connectivity index (χ2n) is 4.37. The van der Waals surface area contributed by atoms with Crippen molar-refractivity contribution in [3.63, 3.8) is 0 Å². The quantitative estimate of drug-likeness (QED) is 0.378. The summed E-state index contributed by atoms with van der Waals surface area (Å²) < 4.78 is 24.8. The van der Waals surface area contributed by atoms with Crippen molar-refractivity contribution in [3.8, 4) is 0 Å². The van der Waals surface area contributed by atoms with Gasteiger partial charge in [0.15, 0.2) is 0 Å². The molecule has 0 aromatic rings. The molecule has 0 aromatic heterocycles. The van der Waals surface area contributed by atoms with Crippen molar-refractivity contribution >= 4 is 16.3 Å². The third kappa shape index (κ3) is 1.53. The molecule has 2 atom stereocenters. The highest BCUT2D eigenvalue weighted by Crippen LogP contribution is 2.45. The fraction of sp³-hybridized carbons (Fsp3) is 0.667. The number of hydrogen-bond acceptors (Lipinski definition) is 4. The molecule has 2 aliphatic rings. The van der Waals surface area contributed by atoms with Crippen LogP contribution in [0.25, 0.3) is 0 Å². The van der Waals surface area contributed by atoms with Crippen LogP contribution in [0.2, 0.25) is 0 Å². The van der Waals surface area contributed by atoms with Gasteiger partial charge < -0.3 is 10.5 Å². The topological polar surface area (TPSA) is 89.3 Å². The van der Waals surface area contributed by atoms with Crippen LogP contribution in [0.3, 0.4) is 0 Å². The minimum absolute atomic E-state index is 0.0327. The van der Waals surface area contributed by atoms with E-state index in [9.17, 15) is 13.2 Å². The van der Waals surface area contributed by atoms with Gasteiger partial charge in [-0.15, -0.1) is 6.58 Å². The summed E-state index contributed by atoms with van der Waals surface area (Å²) in [4.78, 5) is 10.7. The Balaban J connectivity index is 2.13. The number of sulfonamides is 1. The van der Waals surface area contributed by atoms with Crippen LogP contribution in [0.1, 0.15) is 19.3 Å². The zero-order valence-corrected chi connectivity index (χ0v) is 9.09. The second-order valence-corrected chi connectivity index (χ2v) is 6.40. The second kappa shape index (κ2) is 2.90. The van der Waals surface area contributed by atoms with Gasteiger partial charge in [-0.25, -0.2) is 8.42 Å². The summed E-state index contributed by atoms with van der Waals surface area (Å²) in [7, 11) is -3.63.